The minimum absolute atomic E-state index is 0.943. The summed E-state index contributed by atoms with van der Waals surface area (Å²) >= 11 is 7.21. The van der Waals surface area contributed by atoms with Gasteiger partial charge in [0.2, 0.25) is 0 Å². The monoisotopic (exact) mass is 286 g/mol. The lowest BCUT2D eigenvalue weighted by Gasteiger charge is -2.04. The van der Waals surface area contributed by atoms with Crippen molar-refractivity contribution in [2.75, 3.05) is 6.26 Å². The zero-order valence-electron chi connectivity index (χ0n) is 8.13. The predicted octanol–water partition coefficient (Wildman–Crippen LogP) is 4.83. The lowest BCUT2D eigenvalue weighted by molar-refractivity contribution is 1.43. The summed E-state index contributed by atoms with van der Waals surface area (Å²) in [5.74, 6) is 0. The molecule has 0 aliphatic rings. The molecule has 0 saturated heterocycles. The summed E-state index contributed by atoms with van der Waals surface area (Å²) in [6.45, 7) is 2.19. The van der Waals surface area contributed by atoms with Crippen molar-refractivity contribution in [3.05, 3.63) is 28.6 Å². The second-order valence-corrected chi connectivity index (χ2v) is 5.47. The van der Waals surface area contributed by atoms with Gasteiger partial charge in [0.25, 0.3) is 0 Å². The fraction of sp³-hybridized carbons (Fsp3) is 0.273. The predicted molar refractivity (Wildman–Crippen MR) is 71.0 cm³/mol. The maximum Gasteiger partial charge on any atom is 0.0397 e. The molecule has 0 radical (unpaired) electrons. The molecule has 0 N–H and O–H groups in total. The molecule has 2 aromatic rings. The summed E-state index contributed by atoms with van der Waals surface area (Å²) < 4.78 is 1.44. The van der Waals surface area contributed by atoms with E-state index in [0.29, 0.717) is 0 Å². The Kier molecular flexibility index (Phi) is 3.20. The average Bonchev–Trinajstić information content (AvgIpc) is 2.60. The molecule has 1 aromatic carbocycles. The van der Waals surface area contributed by atoms with Crippen LogP contribution in [-0.4, -0.2) is 6.26 Å². The van der Waals surface area contributed by atoms with E-state index in [9.17, 15) is 0 Å². The smallest absolute Gasteiger partial charge is 0.0397 e. The van der Waals surface area contributed by atoms with E-state index in [0.717, 1.165) is 5.33 Å². The third kappa shape index (κ3) is 1.62. The number of thiophene rings is 1. The van der Waals surface area contributed by atoms with Gasteiger partial charge in [-0.25, -0.2) is 0 Å². The van der Waals surface area contributed by atoms with Gasteiger partial charge in [-0.15, -0.1) is 23.1 Å². The van der Waals surface area contributed by atoms with Gasteiger partial charge in [-0.2, -0.15) is 0 Å². The van der Waals surface area contributed by atoms with Crippen molar-refractivity contribution < 1.29 is 0 Å². The minimum Gasteiger partial charge on any atom is -0.143 e. The van der Waals surface area contributed by atoms with E-state index in [4.69, 9.17) is 0 Å². The van der Waals surface area contributed by atoms with Gasteiger partial charge in [0.05, 0.1) is 0 Å². The van der Waals surface area contributed by atoms with E-state index in [1.165, 1.54) is 26.1 Å². The fourth-order valence-corrected chi connectivity index (χ4v) is 4.08. The van der Waals surface area contributed by atoms with E-state index in [1.807, 2.05) is 23.1 Å². The average molecular weight is 287 g/mol. The van der Waals surface area contributed by atoms with Crippen LogP contribution >= 0.6 is 39.0 Å². The van der Waals surface area contributed by atoms with E-state index in [-0.39, 0.29) is 0 Å². The van der Waals surface area contributed by atoms with Crippen molar-refractivity contribution >= 4 is 49.1 Å². The molecule has 1 aromatic heterocycles. The molecule has 0 saturated carbocycles. The quantitative estimate of drug-likeness (QED) is 0.563. The van der Waals surface area contributed by atoms with Crippen LogP contribution in [0.1, 0.15) is 11.1 Å². The van der Waals surface area contributed by atoms with Gasteiger partial charge in [0.1, 0.15) is 0 Å². The number of hydrogen-bond donors (Lipinski definition) is 0. The Bertz CT molecular complexity index is 460. The van der Waals surface area contributed by atoms with Crippen molar-refractivity contribution in [2.24, 2.45) is 0 Å². The van der Waals surface area contributed by atoms with Gasteiger partial charge in [-0.1, -0.05) is 22.0 Å². The SMILES string of the molecule is CSc1ccc(CBr)c2scc(C)c12. The largest absolute Gasteiger partial charge is 0.143 e. The topological polar surface area (TPSA) is 0 Å². The zero-order valence-corrected chi connectivity index (χ0v) is 11.4. The molecule has 0 atom stereocenters. The Morgan fingerprint density at radius 3 is 2.86 bits per heavy atom. The normalized spacial score (nSPS) is 11.1. The Morgan fingerprint density at radius 2 is 2.21 bits per heavy atom. The van der Waals surface area contributed by atoms with E-state index in [1.54, 1.807) is 0 Å². The highest BCUT2D eigenvalue weighted by atomic mass is 79.9. The third-order valence-corrected chi connectivity index (χ3v) is 4.87. The first-order chi connectivity index (χ1) is 6.77. The number of thioether (sulfide) groups is 1. The minimum atomic E-state index is 0.943. The van der Waals surface area contributed by atoms with Crippen molar-refractivity contribution in [3.8, 4) is 0 Å². The molecular weight excluding hydrogens is 276 g/mol. The molecule has 0 aliphatic heterocycles. The fourth-order valence-electron chi connectivity index (χ4n) is 1.60. The summed E-state index contributed by atoms with van der Waals surface area (Å²) in [7, 11) is 0. The van der Waals surface area contributed by atoms with Crippen LogP contribution in [0.25, 0.3) is 10.1 Å². The maximum absolute atomic E-state index is 3.53. The zero-order chi connectivity index (χ0) is 10.1. The number of aryl methyl sites for hydroxylation is 1. The van der Waals surface area contributed by atoms with Gasteiger partial charge in [0.15, 0.2) is 0 Å². The molecule has 0 bridgehead atoms. The van der Waals surface area contributed by atoms with Gasteiger partial charge in [-0.05, 0) is 35.8 Å². The van der Waals surface area contributed by atoms with E-state index < -0.39 is 0 Å². The highest BCUT2D eigenvalue weighted by Gasteiger charge is 2.08. The van der Waals surface area contributed by atoms with Crippen LogP contribution in [0, 0.1) is 6.92 Å². The summed E-state index contributed by atoms with van der Waals surface area (Å²) in [5, 5.41) is 4.63. The van der Waals surface area contributed by atoms with Crippen LogP contribution in [0.15, 0.2) is 22.4 Å². The number of halogens is 1. The molecule has 0 amide bonds. The Hall–Kier alpha value is 0.01000. The molecule has 0 spiro atoms. The molecule has 2 rings (SSSR count). The van der Waals surface area contributed by atoms with Crippen LogP contribution in [-0.2, 0) is 5.33 Å². The second kappa shape index (κ2) is 4.25. The molecule has 14 heavy (non-hydrogen) atoms. The number of alkyl halides is 1. The van der Waals surface area contributed by atoms with Crippen LogP contribution in [0.2, 0.25) is 0 Å². The number of rotatable bonds is 2. The van der Waals surface area contributed by atoms with Gasteiger partial charge in [-0.3, -0.25) is 0 Å². The van der Waals surface area contributed by atoms with Gasteiger partial charge < -0.3 is 0 Å². The summed E-state index contributed by atoms with van der Waals surface area (Å²) in [6.07, 6.45) is 2.14. The lowest BCUT2D eigenvalue weighted by atomic mass is 10.1. The van der Waals surface area contributed by atoms with Crippen LogP contribution in [0.5, 0.6) is 0 Å². The van der Waals surface area contributed by atoms with Crippen LogP contribution in [0.3, 0.4) is 0 Å². The van der Waals surface area contributed by atoms with Crippen molar-refractivity contribution in [2.45, 2.75) is 17.1 Å². The third-order valence-electron chi connectivity index (χ3n) is 2.31. The lowest BCUT2D eigenvalue weighted by Crippen LogP contribution is -1.81. The highest BCUT2D eigenvalue weighted by Crippen LogP contribution is 2.36. The van der Waals surface area contributed by atoms with E-state index in [2.05, 4.69) is 46.6 Å². The van der Waals surface area contributed by atoms with Crippen LogP contribution in [0.4, 0.5) is 0 Å². The highest BCUT2D eigenvalue weighted by molar-refractivity contribution is 9.08. The second-order valence-electron chi connectivity index (χ2n) is 3.18. The van der Waals surface area contributed by atoms with Crippen molar-refractivity contribution in [1.29, 1.82) is 0 Å². The summed E-state index contributed by atoms with van der Waals surface area (Å²) in [6, 6.07) is 4.45. The molecule has 1 heterocycles. The first-order valence-corrected chi connectivity index (χ1v) is 7.60. The van der Waals surface area contributed by atoms with Crippen LogP contribution < -0.4 is 0 Å². The standard InChI is InChI=1S/C11H11BrS2/c1-7-6-14-11-8(5-12)3-4-9(13-2)10(7)11/h3-4,6H,5H2,1-2H3. The van der Waals surface area contributed by atoms with Crippen molar-refractivity contribution in [1.82, 2.24) is 0 Å². The number of fused-ring (bicyclic) bond motifs is 1. The number of benzene rings is 1. The first kappa shape index (κ1) is 10.5. The first-order valence-electron chi connectivity index (χ1n) is 4.37. The molecule has 0 aliphatic carbocycles. The molecule has 0 nitrogen and oxygen atoms in total. The molecule has 3 heteroatoms. The molecule has 74 valence electrons. The Balaban J connectivity index is 2.81. The Labute approximate surface area is 101 Å². The van der Waals surface area contributed by atoms with Gasteiger partial charge in [0, 0.05) is 20.3 Å². The Morgan fingerprint density at radius 1 is 1.43 bits per heavy atom. The van der Waals surface area contributed by atoms with Gasteiger partial charge >= 0.3 is 0 Å². The van der Waals surface area contributed by atoms with E-state index >= 15 is 0 Å². The molecule has 0 fully saturated rings. The summed E-state index contributed by atoms with van der Waals surface area (Å²) in [4.78, 5) is 1.39. The van der Waals surface area contributed by atoms with Crippen molar-refractivity contribution in [3.63, 3.8) is 0 Å². The molecular formula is C11H11BrS2. The maximum atomic E-state index is 3.53. The number of hydrogen-bond acceptors (Lipinski definition) is 2. The summed E-state index contributed by atoms with van der Waals surface area (Å²) in [5.41, 5.74) is 2.80. The molecule has 0 unspecified atom stereocenters.